The monoisotopic (exact) mass is 307 g/mol. The molecule has 3 nitrogen and oxygen atoms in total. The Labute approximate surface area is 112 Å². The molecule has 0 bridgehead atoms. The van der Waals surface area contributed by atoms with Crippen molar-refractivity contribution in [3.05, 3.63) is 57.3 Å². The fourth-order valence-electron chi connectivity index (χ4n) is 1.45. The number of benzene rings is 1. The lowest BCUT2D eigenvalue weighted by molar-refractivity contribution is 0.885. The molecule has 0 N–H and O–H groups in total. The first-order chi connectivity index (χ1) is 8.20. The molecule has 5 heteroatoms. The molecule has 17 heavy (non-hydrogen) atoms. The van der Waals surface area contributed by atoms with E-state index in [1.54, 1.807) is 12.1 Å². The summed E-state index contributed by atoms with van der Waals surface area (Å²) in [6.07, 6.45) is 0. The highest BCUT2D eigenvalue weighted by Gasteiger charge is 2.15. The Morgan fingerprint density at radius 2 is 1.82 bits per heavy atom. The van der Waals surface area contributed by atoms with Crippen LogP contribution in [-0.2, 0) is 0 Å². The van der Waals surface area contributed by atoms with E-state index in [1.165, 1.54) is 0 Å². The van der Waals surface area contributed by atoms with Gasteiger partial charge in [-0.3, -0.25) is 0 Å². The molecule has 0 radical (unpaired) electrons. The van der Waals surface area contributed by atoms with Gasteiger partial charge in [0.25, 0.3) is 0 Å². The summed E-state index contributed by atoms with van der Waals surface area (Å²) in [7, 11) is 0. The van der Waals surface area contributed by atoms with Gasteiger partial charge >= 0.3 is 0 Å². The van der Waals surface area contributed by atoms with Gasteiger partial charge in [0.15, 0.2) is 5.15 Å². The van der Waals surface area contributed by atoms with Gasteiger partial charge in [-0.05, 0) is 29.8 Å². The van der Waals surface area contributed by atoms with Crippen LogP contribution in [0.4, 0.5) is 0 Å². The molecule has 2 rings (SSSR count). The molecular weight excluding hydrogens is 302 g/mol. The first kappa shape index (κ1) is 12.0. The molecule has 1 atom stereocenters. The largest absolute Gasteiger partial charge is 0.197 e. The van der Waals surface area contributed by atoms with Crippen molar-refractivity contribution in [3.8, 4) is 6.07 Å². The highest BCUT2D eigenvalue weighted by molar-refractivity contribution is 9.10. The van der Waals surface area contributed by atoms with Crippen molar-refractivity contribution in [1.82, 2.24) is 10.2 Å². The number of nitrogens with zero attached hydrogens (tertiary/aromatic N) is 3. The zero-order chi connectivity index (χ0) is 12.3. The minimum Gasteiger partial charge on any atom is -0.197 e. The van der Waals surface area contributed by atoms with E-state index >= 15 is 0 Å². The number of aromatic nitrogens is 2. The first-order valence-electron chi connectivity index (χ1n) is 4.85. The molecule has 0 unspecified atom stereocenters. The van der Waals surface area contributed by atoms with E-state index < -0.39 is 5.92 Å². The molecule has 84 valence electrons. The average molecular weight is 309 g/mol. The van der Waals surface area contributed by atoms with Crippen LogP contribution in [0.5, 0.6) is 0 Å². The first-order valence-corrected chi connectivity index (χ1v) is 6.02. The number of hydrogen-bond acceptors (Lipinski definition) is 3. The van der Waals surface area contributed by atoms with Crippen molar-refractivity contribution in [3.63, 3.8) is 0 Å². The maximum atomic E-state index is 9.21. The van der Waals surface area contributed by atoms with E-state index in [2.05, 4.69) is 32.2 Å². The van der Waals surface area contributed by atoms with E-state index in [4.69, 9.17) is 11.6 Å². The SMILES string of the molecule is N#C[C@@H](c1ccc(Br)cc1)c1ccc(Cl)nn1. The molecule has 0 saturated carbocycles. The van der Waals surface area contributed by atoms with Crippen LogP contribution >= 0.6 is 27.5 Å². The van der Waals surface area contributed by atoms with Crippen LogP contribution in [0, 0.1) is 11.3 Å². The van der Waals surface area contributed by atoms with Crippen LogP contribution in [0.3, 0.4) is 0 Å². The van der Waals surface area contributed by atoms with Gasteiger partial charge in [-0.15, -0.1) is 5.10 Å². The number of halogens is 2. The summed E-state index contributed by atoms with van der Waals surface area (Å²) < 4.78 is 0.972. The molecule has 0 saturated heterocycles. The summed E-state index contributed by atoms with van der Waals surface area (Å²) in [4.78, 5) is 0. The Hall–Kier alpha value is -1.44. The Balaban J connectivity index is 2.37. The third-order valence-electron chi connectivity index (χ3n) is 2.28. The number of nitriles is 1. The minimum absolute atomic E-state index is 0.321. The summed E-state index contributed by atoms with van der Waals surface area (Å²) in [5, 5.41) is 17.2. The van der Waals surface area contributed by atoms with Crippen molar-refractivity contribution in [2.45, 2.75) is 5.92 Å². The molecule has 1 aromatic heterocycles. The maximum absolute atomic E-state index is 9.21. The Morgan fingerprint density at radius 3 is 2.35 bits per heavy atom. The van der Waals surface area contributed by atoms with Gasteiger partial charge in [-0.25, -0.2) is 0 Å². The van der Waals surface area contributed by atoms with Crippen LogP contribution < -0.4 is 0 Å². The topological polar surface area (TPSA) is 49.6 Å². The highest BCUT2D eigenvalue weighted by atomic mass is 79.9. The van der Waals surface area contributed by atoms with Crippen LogP contribution in [0.2, 0.25) is 5.15 Å². The Morgan fingerprint density at radius 1 is 1.12 bits per heavy atom. The third kappa shape index (κ3) is 2.82. The Bertz CT molecular complexity index is 500. The summed E-state index contributed by atoms with van der Waals surface area (Å²) in [6.45, 7) is 0. The van der Waals surface area contributed by atoms with E-state index in [1.807, 2.05) is 24.3 Å². The van der Waals surface area contributed by atoms with Crippen LogP contribution in [0.25, 0.3) is 0 Å². The van der Waals surface area contributed by atoms with Gasteiger partial charge in [0, 0.05) is 4.47 Å². The second-order valence-electron chi connectivity index (χ2n) is 3.39. The van der Waals surface area contributed by atoms with Crippen molar-refractivity contribution < 1.29 is 0 Å². The normalized spacial score (nSPS) is 11.8. The molecule has 1 aromatic carbocycles. The van der Waals surface area contributed by atoms with Gasteiger partial charge in [0.05, 0.1) is 11.8 Å². The molecule has 0 aliphatic rings. The minimum atomic E-state index is -0.423. The zero-order valence-electron chi connectivity index (χ0n) is 8.64. The van der Waals surface area contributed by atoms with Crippen molar-refractivity contribution in [2.75, 3.05) is 0 Å². The molecule has 0 aliphatic heterocycles. The number of hydrogen-bond donors (Lipinski definition) is 0. The molecule has 0 fully saturated rings. The van der Waals surface area contributed by atoms with Crippen LogP contribution in [-0.4, -0.2) is 10.2 Å². The smallest absolute Gasteiger partial charge is 0.151 e. The lowest BCUT2D eigenvalue weighted by Crippen LogP contribution is -2.02. The summed E-state index contributed by atoms with van der Waals surface area (Å²) in [5.41, 5.74) is 1.48. The zero-order valence-corrected chi connectivity index (χ0v) is 11.0. The maximum Gasteiger partial charge on any atom is 0.151 e. The van der Waals surface area contributed by atoms with Gasteiger partial charge in [0.2, 0.25) is 0 Å². The summed E-state index contributed by atoms with van der Waals surface area (Å²) in [6, 6.07) is 13.1. The fourth-order valence-corrected chi connectivity index (χ4v) is 1.81. The molecule has 0 amide bonds. The van der Waals surface area contributed by atoms with Gasteiger partial charge in [-0.2, -0.15) is 10.4 Å². The summed E-state index contributed by atoms with van der Waals surface area (Å²) >= 11 is 9.02. The van der Waals surface area contributed by atoms with E-state index in [0.29, 0.717) is 10.8 Å². The Kier molecular flexibility index (Phi) is 3.72. The van der Waals surface area contributed by atoms with Gasteiger partial charge in [-0.1, -0.05) is 39.7 Å². The fraction of sp³-hybridized carbons (Fsp3) is 0.0833. The van der Waals surface area contributed by atoms with Crippen LogP contribution in [0.15, 0.2) is 40.9 Å². The molecule has 0 spiro atoms. The number of rotatable bonds is 2. The molecule has 0 aliphatic carbocycles. The van der Waals surface area contributed by atoms with E-state index in [0.717, 1.165) is 10.0 Å². The van der Waals surface area contributed by atoms with Crippen LogP contribution in [0.1, 0.15) is 17.2 Å². The van der Waals surface area contributed by atoms with Crippen molar-refractivity contribution >= 4 is 27.5 Å². The molecular formula is C12H7BrClN3. The van der Waals surface area contributed by atoms with Gasteiger partial charge < -0.3 is 0 Å². The van der Waals surface area contributed by atoms with Crippen molar-refractivity contribution in [1.29, 1.82) is 5.26 Å². The van der Waals surface area contributed by atoms with E-state index in [9.17, 15) is 5.26 Å². The third-order valence-corrected chi connectivity index (χ3v) is 3.01. The standard InChI is InChI=1S/C12H7BrClN3/c13-9-3-1-8(2-4-9)10(7-15)11-5-6-12(14)17-16-11/h1-6,10H/t10-/m0/s1. The summed E-state index contributed by atoms with van der Waals surface area (Å²) in [5.74, 6) is -0.423. The second-order valence-corrected chi connectivity index (χ2v) is 4.70. The lowest BCUT2D eigenvalue weighted by atomic mass is 9.97. The average Bonchev–Trinajstić information content (AvgIpc) is 2.35. The quantitative estimate of drug-likeness (QED) is 0.852. The molecule has 1 heterocycles. The van der Waals surface area contributed by atoms with Crippen molar-refractivity contribution in [2.24, 2.45) is 0 Å². The second kappa shape index (κ2) is 5.26. The predicted molar refractivity (Wildman–Crippen MR) is 68.6 cm³/mol. The van der Waals surface area contributed by atoms with E-state index in [-0.39, 0.29) is 0 Å². The molecule has 2 aromatic rings. The predicted octanol–water partition coefficient (Wildman–Crippen LogP) is 3.55. The van der Waals surface area contributed by atoms with Gasteiger partial charge in [0.1, 0.15) is 5.92 Å². The highest BCUT2D eigenvalue weighted by Crippen LogP contribution is 2.23. The lowest BCUT2D eigenvalue weighted by Gasteiger charge is -2.08.